The van der Waals surface area contributed by atoms with Crippen LogP contribution in [0.3, 0.4) is 0 Å². The summed E-state index contributed by atoms with van der Waals surface area (Å²) < 4.78 is 0. The third-order valence-electron chi connectivity index (χ3n) is 3.50. The van der Waals surface area contributed by atoms with E-state index in [1.54, 1.807) is 0 Å². The first kappa shape index (κ1) is 10.5. The summed E-state index contributed by atoms with van der Waals surface area (Å²) in [5.74, 6) is 0. The van der Waals surface area contributed by atoms with Gasteiger partial charge in [-0.3, -0.25) is 0 Å². The lowest BCUT2D eigenvalue weighted by Gasteiger charge is -2.20. The zero-order chi connectivity index (χ0) is 11.7. The number of fused-ring (bicyclic) bond motifs is 1. The summed E-state index contributed by atoms with van der Waals surface area (Å²) in [5.41, 5.74) is 7.04. The molecule has 1 heterocycles. The Bertz CT molecular complexity index is 526. The van der Waals surface area contributed by atoms with Crippen molar-refractivity contribution in [3.05, 3.63) is 59.2 Å². The molecule has 0 amide bonds. The van der Waals surface area contributed by atoms with Gasteiger partial charge in [0.25, 0.3) is 0 Å². The minimum atomic E-state index is 1.01. The van der Waals surface area contributed by atoms with Gasteiger partial charge in [-0.1, -0.05) is 48.0 Å². The predicted octanol–water partition coefficient (Wildman–Crippen LogP) is 3.31. The molecule has 1 nitrogen and oxygen atoms in total. The number of hydrogen-bond donors (Lipinski definition) is 1. The van der Waals surface area contributed by atoms with Gasteiger partial charge in [-0.2, -0.15) is 0 Å². The van der Waals surface area contributed by atoms with E-state index >= 15 is 0 Å². The molecule has 3 rings (SSSR count). The average molecular weight is 223 g/mol. The van der Waals surface area contributed by atoms with E-state index in [2.05, 4.69) is 54.7 Å². The molecule has 2 aromatic rings. The molecule has 0 bridgehead atoms. The summed E-state index contributed by atoms with van der Waals surface area (Å²) in [7, 11) is 0. The van der Waals surface area contributed by atoms with Crippen LogP contribution in [-0.2, 0) is 13.0 Å². The summed E-state index contributed by atoms with van der Waals surface area (Å²) >= 11 is 0. The Morgan fingerprint density at radius 3 is 2.65 bits per heavy atom. The molecule has 0 radical (unpaired) electrons. The average Bonchev–Trinajstić information content (AvgIpc) is 2.39. The van der Waals surface area contributed by atoms with Crippen LogP contribution in [0.1, 0.15) is 16.7 Å². The first-order valence-electron chi connectivity index (χ1n) is 6.23. The molecule has 0 unspecified atom stereocenters. The van der Waals surface area contributed by atoms with Crippen LogP contribution in [0.25, 0.3) is 11.1 Å². The van der Waals surface area contributed by atoms with Crippen LogP contribution in [-0.4, -0.2) is 6.54 Å². The Balaban J connectivity index is 2.11. The number of nitrogens with one attached hydrogen (secondary N) is 1. The first-order chi connectivity index (χ1) is 8.34. The van der Waals surface area contributed by atoms with Crippen LogP contribution < -0.4 is 5.32 Å². The van der Waals surface area contributed by atoms with Crippen molar-refractivity contribution in [3.63, 3.8) is 0 Å². The van der Waals surface area contributed by atoms with Crippen molar-refractivity contribution in [2.24, 2.45) is 0 Å². The third kappa shape index (κ3) is 1.98. The van der Waals surface area contributed by atoms with E-state index in [-0.39, 0.29) is 0 Å². The van der Waals surface area contributed by atoms with Gasteiger partial charge >= 0.3 is 0 Å². The third-order valence-corrected chi connectivity index (χ3v) is 3.50. The maximum atomic E-state index is 3.43. The van der Waals surface area contributed by atoms with Gasteiger partial charge in [0.1, 0.15) is 0 Å². The van der Waals surface area contributed by atoms with Crippen molar-refractivity contribution in [3.8, 4) is 11.1 Å². The number of hydrogen-bond acceptors (Lipinski definition) is 1. The molecule has 0 aliphatic carbocycles. The SMILES string of the molecule is Cc1ccc(-c2cccc3c2CCNC3)cc1. The van der Waals surface area contributed by atoms with Crippen LogP contribution >= 0.6 is 0 Å². The fraction of sp³-hybridized carbons (Fsp3) is 0.250. The van der Waals surface area contributed by atoms with Crippen LogP contribution in [0.4, 0.5) is 0 Å². The smallest absolute Gasteiger partial charge is 0.0208 e. The fourth-order valence-electron chi connectivity index (χ4n) is 2.54. The summed E-state index contributed by atoms with van der Waals surface area (Å²) in [6, 6.07) is 15.5. The Hall–Kier alpha value is -1.60. The summed E-state index contributed by atoms with van der Waals surface area (Å²) in [6.45, 7) is 4.24. The predicted molar refractivity (Wildman–Crippen MR) is 72.0 cm³/mol. The number of aryl methyl sites for hydroxylation is 1. The van der Waals surface area contributed by atoms with Crippen LogP contribution in [0.5, 0.6) is 0 Å². The van der Waals surface area contributed by atoms with Crippen LogP contribution in [0.15, 0.2) is 42.5 Å². The highest BCUT2D eigenvalue weighted by atomic mass is 14.9. The molecule has 0 saturated carbocycles. The van der Waals surface area contributed by atoms with Gasteiger partial charge in [0.2, 0.25) is 0 Å². The highest BCUT2D eigenvalue weighted by Crippen LogP contribution is 2.28. The molecule has 0 fully saturated rings. The Morgan fingerprint density at radius 2 is 1.82 bits per heavy atom. The lowest BCUT2D eigenvalue weighted by molar-refractivity contribution is 0.645. The van der Waals surface area contributed by atoms with Crippen molar-refractivity contribution in [2.75, 3.05) is 6.54 Å². The summed E-state index contributed by atoms with van der Waals surface area (Å²) in [4.78, 5) is 0. The van der Waals surface area contributed by atoms with Gasteiger partial charge in [0.15, 0.2) is 0 Å². The normalized spacial score (nSPS) is 14.4. The monoisotopic (exact) mass is 223 g/mol. The largest absolute Gasteiger partial charge is 0.312 e. The minimum Gasteiger partial charge on any atom is -0.312 e. The van der Waals surface area contributed by atoms with Gasteiger partial charge in [0, 0.05) is 6.54 Å². The first-order valence-corrected chi connectivity index (χ1v) is 6.23. The van der Waals surface area contributed by atoms with Crippen molar-refractivity contribution in [1.29, 1.82) is 0 Å². The van der Waals surface area contributed by atoms with Crippen molar-refractivity contribution >= 4 is 0 Å². The molecule has 2 aromatic carbocycles. The molecule has 1 aliphatic heterocycles. The molecule has 0 aromatic heterocycles. The van der Waals surface area contributed by atoms with E-state index in [0.29, 0.717) is 0 Å². The molecular weight excluding hydrogens is 206 g/mol. The quantitative estimate of drug-likeness (QED) is 0.782. The lowest BCUT2D eigenvalue weighted by Crippen LogP contribution is -2.23. The maximum Gasteiger partial charge on any atom is 0.0208 e. The molecule has 1 heteroatoms. The van der Waals surface area contributed by atoms with Gasteiger partial charge in [-0.05, 0) is 42.1 Å². The Labute approximate surface area is 102 Å². The molecule has 17 heavy (non-hydrogen) atoms. The molecule has 0 spiro atoms. The van der Waals surface area contributed by atoms with Crippen LogP contribution in [0, 0.1) is 6.92 Å². The second kappa shape index (κ2) is 4.34. The van der Waals surface area contributed by atoms with Gasteiger partial charge in [-0.15, -0.1) is 0 Å². The zero-order valence-electron chi connectivity index (χ0n) is 10.2. The summed E-state index contributed by atoms with van der Waals surface area (Å²) in [6.07, 6.45) is 1.14. The topological polar surface area (TPSA) is 12.0 Å². The van der Waals surface area contributed by atoms with Gasteiger partial charge in [0.05, 0.1) is 0 Å². The van der Waals surface area contributed by atoms with Gasteiger partial charge in [-0.25, -0.2) is 0 Å². The van der Waals surface area contributed by atoms with Crippen molar-refractivity contribution in [2.45, 2.75) is 19.9 Å². The Morgan fingerprint density at radius 1 is 1.00 bits per heavy atom. The maximum absolute atomic E-state index is 3.43. The zero-order valence-corrected chi connectivity index (χ0v) is 10.2. The molecule has 86 valence electrons. The van der Waals surface area contributed by atoms with E-state index in [0.717, 1.165) is 19.5 Å². The number of rotatable bonds is 1. The van der Waals surface area contributed by atoms with E-state index in [1.807, 2.05) is 0 Å². The fourth-order valence-corrected chi connectivity index (χ4v) is 2.54. The standard InChI is InChI=1S/C16H17N/c1-12-5-7-13(8-6-12)15-4-2-3-14-11-17-10-9-16(14)15/h2-8,17H,9-11H2,1H3. The molecule has 0 saturated heterocycles. The molecule has 0 atom stereocenters. The minimum absolute atomic E-state index is 1.01. The lowest BCUT2D eigenvalue weighted by atomic mass is 9.91. The highest BCUT2D eigenvalue weighted by Gasteiger charge is 2.12. The van der Waals surface area contributed by atoms with Crippen molar-refractivity contribution in [1.82, 2.24) is 5.32 Å². The highest BCUT2D eigenvalue weighted by molar-refractivity contribution is 5.69. The molecular formula is C16H17N. The summed E-state index contributed by atoms with van der Waals surface area (Å²) in [5, 5.41) is 3.43. The molecule has 1 N–H and O–H groups in total. The van der Waals surface area contributed by atoms with Crippen molar-refractivity contribution < 1.29 is 0 Å². The van der Waals surface area contributed by atoms with E-state index in [9.17, 15) is 0 Å². The van der Waals surface area contributed by atoms with E-state index in [1.165, 1.54) is 27.8 Å². The molecule has 1 aliphatic rings. The second-order valence-electron chi connectivity index (χ2n) is 4.74. The second-order valence-corrected chi connectivity index (χ2v) is 4.74. The Kier molecular flexibility index (Phi) is 2.69. The number of benzene rings is 2. The van der Waals surface area contributed by atoms with Crippen LogP contribution in [0.2, 0.25) is 0 Å². The van der Waals surface area contributed by atoms with E-state index in [4.69, 9.17) is 0 Å². The van der Waals surface area contributed by atoms with E-state index < -0.39 is 0 Å². The van der Waals surface area contributed by atoms with Gasteiger partial charge < -0.3 is 5.32 Å².